The number of hydrogen-bond donors (Lipinski definition) is 1. The van der Waals surface area contributed by atoms with Gasteiger partial charge >= 0.3 is 0 Å². The van der Waals surface area contributed by atoms with Gasteiger partial charge in [0.1, 0.15) is 11.4 Å². The lowest BCUT2D eigenvalue weighted by Gasteiger charge is -2.37. The Morgan fingerprint density at radius 3 is 2.78 bits per heavy atom. The van der Waals surface area contributed by atoms with Crippen LogP contribution in [-0.2, 0) is 0 Å². The van der Waals surface area contributed by atoms with Crippen molar-refractivity contribution in [3.05, 3.63) is 47.4 Å². The maximum Gasteiger partial charge on any atom is 0.189 e. The Labute approximate surface area is 166 Å². The van der Waals surface area contributed by atoms with Crippen LogP contribution in [0.5, 0.6) is 5.75 Å². The minimum absolute atomic E-state index is 0.614. The zero-order valence-corrected chi connectivity index (χ0v) is 17.1. The average molecular weight is 386 g/mol. The highest BCUT2D eigenvalue weighted by Gasteiger charge is 2.22. The van der Waals surface area contributed by atoms with E-state index in [0.29, 0.717) is 11.7 Å². The Morgan fingerprint density at radius 1 is 1.30 bits per heavy atom. The Balaban J connectivity index is 1.58. The second kappa shape index (κ2) is 8.99. The number of hydrogen-bond acceptors (Lipinski definition) is 5. The first kappa shape index (κ1) is 19.4. The van der Waals surface area contributed by atoms with Crippen LogP contribution >= 0.6 is 12.2 Å². The molecule has 0 aliphatic carbocycles. The van der Waals surface area contributed by atoms with Crippen molar-refractivity contribution < 1.29 is 4.74 Å². The summed E-state index contributed by atoms with van der Waals surface area (Å²) >= 11 is 5.55. The molecule has 1 N–H and O–H groups in total. The first-order chi connectivity index (χ1) is 13.1. The van der Waals surface area contributed by atoms with E-state index in [9.17, 15) is 0 Å². The topological polar surface area (TPSA) is 53.0 Å². The zero-order valence-electron chi connectivity index (χ0n) is 16.2. The first-order valence-electron chi connectivity index (χ1n) is 9.35. The molecule has 0 unspecified atom stereocenters. The number of piperazine rings is 1. The van der Waals surface area contributed by atoms with E-state index < -0.39 is 0 Å². The summed E-state index contributed by atoms with van der Waals surface area (Å²) < 4.78 is 5.74. The minimum Gasteiger partial charge on any atom is -0.491 e. The normalized spacial score (nSPS) is 19.2. The van der Waals surface area contributed by atoms with Gasteiger partial charge in [0.2, 0.25) is 0 Å². The average Bonchev–Trinajstić information content (AvgIpc) is 2.70. The number of nitrogens with zero attached hydrogens (tertiary/aromatic N) is 4. The molecule has 1 aromatic rings. The molecule has 7 heteroatoms. The Bertz CT molecular complexity index is 779. The van der Waals surface area contributed by atoms with E-state index in [1.165, 1.54) is 5.70 Å². The third-order valence-corrected chi connectivity index (χ3v) is 5.19. The summed E-state index contributed by atoms with van der Waals surface area (Å²) in [4.78, 5) is 8.99. The van der Waals surface area contributed by atoms with Gasteiger partial charge in [0.05, 0.1) is 12.3 Å². The van der Waals surface area contributed by atoms with Gasteiger partial charge in [0, 0.05) is 44.5 Å². The maximum atomic E-state index is 5.74. The zero-order chi connectivity index (χ0) is 19.2. The van der Waals surface area contributed by atoms with Crippen LogP contribution < -0.4 is 10.2 Å². The number of thiocarbonyl (C=S) groups is 1. The van der Waals surface area contributed by atoms with Crippen LogP contribution in [0, 0.1) is 6.92 Å². The van der Waals surface area contributed by atoms with E-state index in [-0.39, 0.29) is 0 Å². The molecular weight excluding hydrogens is 358 g/mol. The molecule has 0 radical (unpaired) electrons. The van der Waals surface area contributed by atoms with E-state index in [1.54, 1.807) is 6.20 Å². The van der Waals surface area contributed by atoms with Crippen LogP contribution in [-0.4, -0.2) is 58.4 Å². The van der Waals surface area contributed by atoms with Gasteiger partial charge in [0.25, 0.3) is 0 Å². The molecule has 1 aromatic heterocycles. The minimum atomic E-state index is 0.614. The molecule has 3 rings (SSSR count). The quantitative estimate of drug-likeness (QED) is 0.491. The van der Waals surface area contributed by atoms with Crippen molar-refractivity contribution in [1.29, 1.82) is 0 Å². The number of aromatic nitrogens is 1. The van der Waals surface area contributed by atoms with Crippen LogP contribution in [0.4, 0.5) is 0 Å². The first-order valence-corrected chi connectivity index (χ1v) is 9.75. The lowest BCUT2D eigenvalue weighted by Crippen LogP contribution is -2.50. The standard InChI is InChI=1S/C20H27N5OS/c1-4-5-6-16(3)24-10-12-25(13-11-24)20(27)23-22-17-8-14-26-19-15(2)7-9-21-18(17)19/h4-7,9H,8,10-14H2,1-3H3,(H,23,27)/b5-4-,16-6+,22-17-. The maximum absolute atomic E-state index is 5.74. The van der Waals surface area contributed by atoms with Crippen LogP contribution in [0.3, 0.4) is 0 Å². The lowest BCUT2D eigenvalue weighted by molar-refractivity contribution is 0.221. The molecule has 0 atom stereocenters. The smallest absolute Gasteiger partial charge is 0.189 e. The van der Waals surface area contributed by atoms with Crippen LogP contribution in [0.15, 0.2) is 41.3 Å². The highest BCUT2D eigenvalue weighted by molar-refractivity contribution is 7.80. The van der Waals surface area contributed by atoms with Gasteiger partial charge in [0.15, 0.2) is 5.11 Å². The van der Waals surface area contributed by atoms with Crippen molar-refractivity contribution >= 4 is 23.0 Å². The van der Waals surface area contributed by atoms with Gasteiger partial charge in [-0.25, -0.2) is 0 Å². The summed E-state index contributed by atoms with van der Waals surface area (Å²) in [6.07, 6.45) is 8.78. The summed E-state index contributed by atoms with van der Waals surface area (Å²) in [6.45, 7) is 10.5. The molecule has 0 amide bonds. The number of allylic oxidation sites excluding steroid dienone is 4. The van der Waals surface area contributed by atoms with Crippen molar-refractivity contribution in [2.45, 2.75) is 27.2 Å². The van der Waals surface area contributed by atoms with Crippen molar-refractivity contribution in [3.63, 3.8) is 0 Å². The van der Waals surface area contributed by atoms with E-state index in [0.717, 1.165) is 55.3 Å². The van der Waals surface area contributed by atoms with Gasteiger partial charge in [-0.15, -0.1) is 0 Å². The molecule has 1 fully saturated rings. The molecule has 0 bridgehead atoms. The number of pyridine rings is 1. The van der Waals surface area contributed by atoms with Crippen molar-refractivity contribution in [2.24, 2.45) is 5.10 Å². The number of ether oxygens (including phenoxy) is 1. The SMILES string of the molecule is C/C=C\C=C(/C)N1CCN(C(=S)N/N=C2/CCOc3c(C)ccnc32)CC1. The van der Waals surface area contributed by atoms with Gasteiger partial charge in [-0.3, -0.25) is 10.4 Å². The van der Waals surface area contributed by atoms with E-state index in [2.05, 4.69) is 44.4 Å². The van der Waals surface area contributed by atoms with Crippen molar-refractivity contribution in [1.82, 2.24) is 20.2 Å². The molecule has 2 aliphatic heterocycles. The summed E-state index contributed by atoms with van der Waals surface area (Å²) in [5.74, 6) is 0.826. The molecule has 0 saturated carbocycles. The van der Waals surface area contributed by atoms with Gasteiger partial charge in [-0.05, 0) is 50.7 Å². The fourth-order valence-corrected chi connectivity index (χ4v) is 3.43. The van der Waals surface area contributed by atoms with E-state index in [4.69, 9.17) is 17.0 Å². The molecule has 0 spiro atoms. The van der Waals surface area contributed by atoms with Crippen LogP contribution in [0.1, 0.15) is 31.5 Å². The Kier molecular flexibility index (Phi) is 6.45. The monoisotopic (exact) mass is 385 g/mol. The van der Waals surface area contributed by atoms with Crippen molar-refractivity contribution in [2.75, 3.05) is 32.8 Å². The molecule has 144 valence electrons. The van der Waals surface area contributed by atoms with Crippen LogP contribution in [0.2, 0.25) is 0 Å². The summed E-state index contributed by atoms with van der Waals surface area (Å²) in [5, 5.41) is 5.21. The number of aryl methyl sites for hydroxylation is 1. The molecule has 3 heterocycles. The van der Waals surface area contributed by atoms with Crippen molar-refractivity contribution in [3.8, 4) is 5.75 Å². The lowest BCUT2D eigenvalue weighted by atomic mass is 10.1. The fraction of sp³-hybridized carbons (Fsp3) is 0.450. The highest BCUT2D eigenvalue weighted by Crippen LogP contribution is 2.26. The molecule has 1 saturated heterocycles. The third kappa shape index (κ3) is 4.66. The Morgan fingerprint density at radius 2 is 2.04 bits per heavy atom. The second-order valence-electron chi connectivity index (χ2n) is 6.69. The molecule has 2 aliphatic rings. The van der Waals surface area contributed by atoms with E-state index in [1.807, 2.05) is 26.0 Å². The second-order valence-corrected chi connectivity index (χ2v) is 7.07. The molecule has 6 nitrogen and oxygen atoms in total. The fourth-order valence-electron chi connectivity index (χ4n) is 3.20. The summed E-state index contributed by atoms with van der Waals surface area (Å²) in [5.41, 5.74) is 7.13. The number of hydrazone groups is 1. The van der Waals surface area contributed by atoms with Gasteiger partial charge in [-0.2, -0.15) is 5.10 Å². The van der Waals surface area contributed by atoms with E-state index >= 15 is 0 Å². The Hall–Kier alpha value is -2.41. The van der Waals surface area contributed by atoms with Gasteiger partial charge in [-0.1, -0.05) is 12.2 Å². The third-order valence-electron chi connectivity index (χ3n) is 4.84. The number of rotatable bonds is 3. The molecule has 27 heavy (non-hydrogen) atoms. The number of fused-ring (bicyclic) bond motifs is 1. The summed E-state index contributed by atoms with van der Waals surface area (Å²) in [7, 11) is 0. The highest BCUT2D eigenvalue weighted by atomic mass is 32.1. The van der Waals surface area contributed by atoms with Crippen LogP contribution in [0.25, 0.3) is 0 Å². The molecular formula is C20H27N5OS. The molecule has 0 aromatic carbocycles. The predicted molar refractivity (Wildman–Crippen MR) is 113 cm³/mol. The number of nitrogens with one attached hydrogen (secondary N) is 1. The van der Waals surface area contributed by atoms with Gasteiger partial charge < -0.3 is 14.5 Å². The largest absolute Gasteiger partial charge is 0.491 e. The summed E-state index contributed by atoms with van der Waals surface area (Å²) in [6, 6.07) is 1.95. The predicted octanol–water partition coefficient (Wildman–Crippen LogP) is 2.85.